The Bertz CT molecular complexity index is 336. The zero-order valence-corrected chi connectivity index (χ0v) is 9.79. The van der Waals surface area contributed by atoms with Gasteiger partial charge in [0, 0.05) is 11.3 Å². The van der Waals surface area contributed by atoms with Gasteiger partial charge in [-0.1, -0.05) is 0 Å². The summed E-state index contributed by atoms with van der Waals surface area (Å²) in [6.07, 6.45) is 1.28. The summed E-state index contributed by atoms with van der Waals surface area (Å²) in [7, 11) is 4.65. The third-order valence-corrected chi connectivity index (χ3v) is 4.37. The van der Waals surface area contributed by atoms with Crippen molar-refractivity contribution >= 4 is 11.3 Å². The molecule has 2 heteroatoms. The fourth-order valence-electron chi connectivity index (χ4n) is 2.08. The molecule has 1 aliphatic heterocycles. The van der Waals surface area contributed by atoms with E-state index in [9.17, 15) is 0 Å². The van der Waals surface area contributed by atoms with E-state index in [2.05, 4.69) is 27.9 Å². The lowest BCUT2D eigenvalue weighted by Crippen LogP contribution is -2.43. The zero-order chi connectivity index (χ0) is 9.64. The Morgan fingerprint density at radius 1 is 1.23 bits per heavy atom. The van der Waals surface area contributed by atoms with Crippen LogP contribution in [0.15, 0.2) is 0 Å². The Labute approximate surface area is 84.6 Å². The molecule has 0 saturated carbocycles. The molecule has 2 rings (SSSR count). The Morgan fingerprint density at radius 3 is 2.62 bits per heavy atom. The average Bonchev–Trinajstić information content (AvgIpc) is 2.25. The second-order valence-electron chi connectivity index (χ2n) is 4.75. The van der Waals surface area contributed by atoms with E-state index in [-0.39, 0.29) is 0 Å². The predicted molar refractivity (Wildman–Crippen MR) is 58.2 cm³/mol. The van der Waals surface area contributed by atoms with Crippen LogP contribution < -0.4 is 0 Å². The average molecular weight is 196 g/mol. The highest BCUT2D eigenvalue weighted by molar-refractivity contribution is 7.12. The standard InChI is InChI=1S/C11H18NS/c1-8-9(2)13-11-7-12(3,4)6-5-10(8)11/h5-7H2,1-4H3/q+1. The number of nitrogens with zero attached hydrogens (tertiary/aromatic N) is 1. The van der Waals surface area contributed by atoms with Gasteiger partial charge in [0.1, 0.15) is 6.54 Å². The summed E-state index contributed by atoms with van der Waals surface area (Å²) in [5.74, 6) is 0. The number of fused-ring (bicyclic) bond motifs is 1. The fraction of sp³-hybridized carbons (Fsp3) is 0.636. The maximum atomic E-state index is 2.33. The van der Waals surface area contributed by atoms with Crippen LogP contribution in [0.1, 0.15) is 20.9 Å². The summed E-state index contributed by atoms with van der Waals surface area (Å²) >= 11 is 2.00. The van der Waals surface area contributed by atoms with Gasteiger partial charge >= 0.3 is 0 Å². The highest BCUT2D eigenvalue weighted by Crippen LogP contribution is 2.33. The Morgan fingerprint density at radius 2 is 1.92 bits per heavy atom. The maximum Gasteiger partial charge on any atom is 0.114 e. The lowest BCUT2D eigenvalue weighted by atomic mass is 10.0. The monoisotopic (exact) mass is 196 g/mol. The summed E-state index contributed by atoms with van der Waals surface area (Å²) in [4.78, 5) is 3.15. The zero-order valence-electron chi connectivity index (χ0n) is 8.98. The maximum absolute atomic E-state index is 2.33. The summed E-state index contributed by atoms with van der Waals surface area (Å²) < 4.78 is 1.16. The number of aryl methyl sites for hydroxylation is 1. The normalized spacial score (nSPS) is 20.0. The topological polar surface area (TPSA) is 0 Å². The van der Waals surface area contributed by atoms with Crippen molar-refractivity contribution in [1.29, 1.82) is 0 Å². The second-order valence-corrected chi connectivity index (χ2v) is 6.06. The van der Waals surface area contributed by atoms with Gasteiger partial charge in [0.25, 0.3) is 0 Å². The number of likely N-dealkylation sites (N-methyl/N-ethyl adjacent to an activating group) is 1. The number of hydrogen-bond donors (Lipinski definition) is 0. The summed E-state index contributed by atoms with van der Waals surface area (Å²) in [6, 6.07) is 0. The molecule has 0 spiro atoms. The van der Waals surface area contributed by atoms with Crippen molar-refractivity contribution in [3.63, 3.8) is 0 Å². The van der Waals surface area contributed by atoms with Crippen molar-refractivity contribution in [3.05, 3.63) is 20.9 Å². The molecule has 0 radical (unpaired) electrons. The van der Waals surface area contributed by atoms with E-state index in [0.717, 1.165) is 4.48 Å². The molecule has 0 saturated heterocycles. The molecular formula is C11H18NS+. The van der Waals surface area contributed by atoms with Crippen LogP contribution in [-0.2, 0) is 13.0 Å². The van der Waals surface area contributed by atoms with Crippen molar-refractivity contribution in [2.24, 2.45) is 0 Å². The number of rotatable bonds is 0. The highest BCUT2D eigenvalue weighted by Gasteiger charge is 2.27. The van der Waals surface area contributed by atoms with Gasteiger partial charge in [-0.05, 0) is 25.0 Å². The smallest absolute Gasteiger partial charge is 0.114 e. The quantitative estimate of drug-likeness (QED) is 0.559. The minimum Gasteiger partial charge on any atom is -0.324 e. The van der Waals surface area contributed by atoms with E-state index in [1.807, 2.05) is 11.3 Å². The van der Waals surface area contributed by atoms with Crippen LogP contribution in [0.5, 0.6) is 0 Å². The molecule has 0 atom stereocenters. The van der Waals surface area contributed by atoms with Crippen LogP contribution in [0.3, 0.4) is 0 Å². The molecule has 13 heavy (non-hydrogen) atoms. The van der Waals surface area contributed by atoms with Gasteiger partial charge in [-0.3, -0.25) is 0 Å². The van der Waals surface area contributed by atoms with Crippen molar-refractivity contribution < 1.29 is 4.48 Å². The number of hydrogen-bond acceptors (Lipinski definition) is 1. The van der Waals surface area contributed by atoms with Crippen molar-refractivity contribution in [2.45, 2.75) is 26.8 Å². The predicted octanol–water partition coefficient (Wildman–Crippen LogP) is 2.50. The lowest BCUT2D eigenvalue weighted by molar-refractivity contribution is -0.905. The van der Waals surface area contributed by atoms with Crippen molar-refractivity contribution in [3.8, 4) is 0 Å². The van der Waals surface area contributed by atoms with Gasteiger partial charge in [0.2, 0.25) is 0 Å². The van der Waals surface area contributed by atoms with Crippen LogP contribution in [0.25, 0.3) is 0 Å². The molecule has 0 N–H and O–H groups in total. The van der Waals surface area contributed by atoms with Gasteiger partial charge in [-0.15, -0.1) is 11.3 Å². The molecule has 0 aliphatic carbocycles. The lowest BCUT2D eigenvalue weighted by Gasteiger charge is -2.33. The minimum absolute atomic E-state index is 1.16. The first-order valence-corrected chi connectivity index (χ1v) is 5.71. The van der Waals surface area contributed by atoms with Gasteiger partial charge < -0.3 is 4.48 Å². The van der Waals surface area contributed by atoms with E-state index in [1.54, 1.807) is 16.0 Å². The van der Waals surface area contributed by atoms with Gasteiger partial charge in [-0.25, -0.2) is 0 Å². The number of quaternary nitrogens is 1. The van der Waals surface area contributed by atoms with Crippen LogP contribution in [0.4, 0.5) is 0 Å². The van der Waals surface area contributed by atoms with Crippen LogP contribution >= 0.6 is 11.3 Å². The molecule has 1 nitrogen and oxygen atoms in total. The second kappa shape index (κ2) is 2.82. The van der Waals surface area contributed by atoms with E-state index in [0.29, 0.717) is 0 Å². The Kier molecular flexibility index (Phi) is 2.00. The molecule has 0 bridgehead atoms. The van der Waals surface area contributed by atoms with Gasteiger partial charge in [0.05, 0.1) is 25.5 Å². The van der Waals surface area contributed by atoms with Crippen molar-refractivity contribution in [1.82, 2.24) is 0 Å². The van der Waals surface area contributed by atoms with E-state index in [1.165, 1.54) is 24.4 Å². The molecule has 2 heterocycles. The first-order chi connectivity index (χ1) is 5.99. The van der Waals surface area contributed by atoms with E-state index in [4.69, 9.17) is 0 Å². The first kappa shape index (κ1) is 9.22. The SMILES string of the molecule is Cc1sc2c(c1C)CC[N+](C)(C)C2. The molecule has 1 aliphatic rings. The Balaban J connectivity index is 2.42. The summed E-state index contributed by atoms with van der Waals surface area (Å²) in [5, 5.41) is 0. The number of thiophene rings is 1. The fourth-order valence-corrected chi connectivity index (χ4v) is 3.52. The van der Waals surface area contributed by atoms with E-state index >= 15 is 0 Å². The summed E-state index contributed by atoms with van der Waals surface area (Å²) in [6.45, 7) is 7.05. The molecule has 1 aromatic rings. The first-order valence-electron chi connectivity index (χ1n) is 4.89. The molecule has 0 amide bonds. The van der Waals surface area contributed by atoms with Crippen LogP contribution in [-0.4, -0.2) is 25.1 Å². The van der Waals surface area contributed by atoms with E-state index < -0.39 is 0 Å². The summed E-state index contributed by atoms with van der Waals surface area (Å²) in [5.41, 5.74) is 3.21. The molecule has 0 fully saturated rings. The van der Waals surface area contributed by atoms with Crippen LogP contribution in [0.2, 0.25) is 0 Å². The molecule has 72 valence electrons. The largest absolute Gasteiger partial charge is 0.324 e. The molecule has 0 unspecified atom stereocenters. The minimum atomic E-state index is 1.16. The van der Waals surface area contributed by atoms with Gasteiger partial charge in [-0.2, -0.15) is 0 Å². The third-order valence-electron chi connectivity index (χ3n) is 3.13. The van der Waals surface area contributed by atoms with Crippen molar-refractivity contribution in [2.75, 3.05) is 20.6 Å². The molecule has 1 aromatic heterocycles. The Hall–Kier alpha value is -0.340. The molecule has 0 aromatic carbocycles. The highest BCUT2D eigenvalue weighted by atomic mass is 32.1. The third kappa shape index (κ3) is 1.53. The van der Waals surface area contributed by atoms with Crippen LogP contribution in [0, 0.1) is 13.8 Å². The van der Waals surface area contributed by atoms with Gasteiger partial charge in [0.15, 0.2) is 0 Å². The molecular weight excluding hydrogens is 178 g/mol.